The lowest BCUT2D eigenvalue weighted by Gasteiger charge is -2.31. The van der Waals surface area contributed by atoms with Gasteiger partial charge in [0.05, 0.1) is 6.61 Å². The van der Waals surface area contributed by atoms with Gasteiger partial charge in [0.2, 0.25) is 0 Å². The molecule has 0 spiro atoms. The Labute approximate surface area is 358 Å². The highest BCUT2D eigenvalue weighted by Crippen LogP contribution is 2.33. The summed E-state index contributed by atoms with van der Waals surface area (Å²) >= 11 is 2.29. The number of hydrogen-bond donors (Lipinski definition) is 2. The molecular weight excluding hydrogens is 727 g/mol. The number of aliphatic hydroxyl groups is 1. The molecule has 2 N–H and O–H groups in total. The molecule has 3 aliphatic carbocycles. The van der Waals surface area contributed by atoms with Crippen molar-refractivity contribution < 1.29 is 24.5 Å². The van der Waals surface area contributed by atoms with E-state index in [1.54, 1.807) is 0 Å². The van der Waals surface area contributed by atoms with Gasteiger partial charge in [0, 0.05) is 30.7 Å². The fourth-order valence-electron chi connectivity index (χ4n) is 9.97. The predicted octanol–water partition coefficient (Wildman–Crippen LogP) is 14.2. The van der Waals surface area contributed by atoms with Gasteiger partial charge in [-0.05, 0) is 120 Å². The second-order valence-electron chi connectivity index (χ2n) is 18.9. The fourth-order valence-corrected chi connectivity index (χ4v) is 11.4. The van der Waals surface area contributed by atoms with E-state index in [2.05, 4.69) is 37.6 Å². The Morgan fingerprint density at radius 1 is 0.632 bits per heavy atom. The van der Waals surface area contributed by atoms with Crippen molar-refractivity contribution in [3.63, 3.8) is 0 Å². The van der Waals surface area contributed by atoms with E-state index >= 15 is 0 Å². The Morgan fingerprint density at radius 2 is 1.16 bits per heavy atom. The first-order valence-electron chi connectivity index (χ1n) is 25.1. The van der Waals surface area contributed by atoms with E-state index in [0.717, 1.165) is 55.7 Å². The van der Waals surface area contributed by atoms with Gasteiger partial charge in [-0.1, -0.05) is 149 Å². The minimum absolute atomic E-state index is 0.0372. The number of carbonyl (C=O) groups is 2. The van der Waals surface area contributed by atoms with Crippen LogP contribution in [0.4, 0.5) is 0 Å². The Morgan fingerprint density at radius 3 is 1.68 bits per heavy atom. The van der Waals surface area contributed by atoms with Crippen molar-refractivity contribution in [1.82, 2.24) is 4.90 Å². The van der Waals surface area contributed by atoms with Crippen LogP contribution in [0, 0.1) is 23.7 Å². The summed E-state index contributed by atoms with van der Waals surface area (Å²) in [6.07, 6.45) is 43.5. The summed E-state index contributed by atoms with van der Waals surface area (Å²) in [5.41, 5.74) is 0. The lowest BCUT2D eigenvalue weighted by Crippen LogP contribution is -2.33. The third-order valence-corrected chi connectivity index (χ3v) is 15.4. The first kappa shape index (κ1) is 52.3. The van der Waals surface area contributed by atoms with Crippen LogP contribution < -0.4 is 0 Å². The summed E-state index contributed by atoms with van der Waals surface area (Å²) in [6, 6.07) is 0.616. The number of esters is 1. The van der Waals surface area contributed by atoms with Crippen molar-refractivity contribution in [2.24, 2.45) is 23.7 Å². The molecule has 3 aliphatic rings. The Bertz CT molecular complexity index is 932. The van der Waals surface area contributed by atoms with E-state index < -0.39 is 5.97 Å². The number of aliphatic carboxylic acids is 1. The molecule has 3 atom stereocenters. The Kier molecular flexibility index (Phi) is 33.0. The number of carbonyl (C=O) groups excluding carboxylic acids is 1. The Balaban J connectivity index is 0.000000872. The summed E-state index contributed by atoms with van der Waals surface area (Å²) in [7, 11) is 2.34. The number of carboxylic acid groups (broad SMARTS) is 1. The molecule has 0 amide bonds. The molecule has 0 aromatic carbocycles. The summed E-state index contributed by atoms with van der Waals surface area (Å²) in [5, 5.41) is 18.8. The standard InChI is InChI=1S/C41H79NO3S.C9H16O2/c1-4-6-10-18-37(30-34-45-41(44)29-26-36-20-12-8-13-21-36)24-27-39(42(3)32-16-17-33-43)28-25-38(19-11-7-5-2)31-35-46-40-22-14-9-15-23-40;10-9(11)7-6-8-4-2-1-3-5-8/h36-40,43H,4-35H2,1-3H3;8H,1-7H2,(H,10,11). The van der Waals surface area contributed by atoms with Crippen LogP contribution >= 0.6 is 11.8 Å². The highest BCUT2D eigenvalue weighted by Gasteiger charge is 2.22. The number of ether oxygens (including phenoxy) is 1. The largest absolute Gasteiger partial charge is 0.481 e. The van der Waals surface area contributed by atoms with E-state index in [0.29, 0.717) is 43.9 Å². The molecule has 0 aromatic heterocycles. The molecule has 3 fully saturated rings. The lowest BCUT2D eigenvalue weighted by atomic mass is 9.86. The van der Waals surface area contributed by atoms with Crippen LogP contribution in [0.25, 0.3) is 0 Å². The third kappa shape index (κ3) is 28.4. The summed E-state index contributed by atoms with van der Waals surface area (Å²) in [5.74, 6) is 3.72. The number of aliphatic hydroxyl groups excluding tert-OH is 1. The van der Waals surface area contributed by atoms with Crippen molar-refractivity contribution in [2.45, 2.75) is 250 Å². The van der Waals surface area contributed by atoms with Crippen LogP contribution in [-0.4, -0.2) is 70.9 Å². The maximum Gasteiger partial charge on any atom is 0.305 e. The highest BCUT2D eigenvalue weighted by molar-refractivity contribution is 7.99. The highest BCUT2D eigenvalue weighted by atomic mass is 32.2. The van der Waals surface area contributed by atoms with Gasteiger partial charge in [-0.3, -0.25) is 9.59 Å². The average molecular weight is 822 g/mol. The van der Waals surface area contributed by atoms with Gasteiger partial charge in [0.1, 0.15) is 0 Å². The molecule has 0 heterocycles. The first-order valence-corrected chi connectivity index (χ1v) is 26.2. The van der Waals surface area contributed by atoms with Crippen molar-refractivity contribution >= 4 is 23.7 Å². The van der Waals surface area contributed by atoms with Crippen molar-refractivity contribution in [1.29, 1.82) is 0 Å². The van der Waals surface area contributed by atoms with Crippen LogP contribution in [0.2, 0.25) is 0 Å². The first-order chi connectivity index (χ1) is 27.8. The maximum atomic E-state index is 12.6. The van der Waals surface area contributed by atoms with Crippen LogP contribution in [0.15, 0.2) is 0 Å². The van der Waals surface area contributed by atoms with E-state index in [-0.39, 0.29) is 5.97 Å². The fraction of sp³-hybridized carbons (Fsp3) is 0.960. The van der Waals surface area contributed by atoms with Crippen molar-refractivity contribution in [3.05, 3.63) is 0 Å². The molecule has 0 radical (unpaired) electrons. The van der Waals surface area contributed by atoms with Crippen molar-refractivity contribution in [2.75, 3.05) is 32.6 Å². The summed E-state index contributed by atoms with van der Waals surface area (Å²) in [6.45, 7) is 6.62. The van der Waals surface area contributed by atoms with E-state index in [1.165, 1.54) is 186 Å². The predicted molar refractivity (Wildman–Crippen MR) is 245 cm³/mol. The van der Waals surface area contributed by atoms with Gasteiger partial charge < -0.3 is 19.8 Å². The molecule has 3 rings (SSSR count). The summed E-state index contributed by atoms with van der Waals surface area (Å²) in [4.78, 5) is 25.4. The SMILES string of the molecule is CCCCCC(CCOC(=O)CCC1CCCCC1)CCC(CCC(CCCCC)CCSC1CCCCC1)N(C)CCCCO.O=C(O)CCC1CCCCC1. The molecule has 7 heteroatoms. The molecule has 0 aromatic rings. The van der Waals surface area contributed by atoms with Crippen LogP contribution in [-0.2, 0) is 14.3 Å². The monoisotopic (exact) mass is 822 g/mol. The van der Waals surface area contributed by atoms with E-state index in [4.69, 9.17) is 9.84 Å². The molecule has 336 valence electrons. The molecule has 57 heavy (non-hydrogen) atoms. The number of carboxylic acids is 1. The Hall–Kier alpha value is -0.790. The third-order valence-electron chi connectivity index (χ3n) is 14.0. The minimum atomic E-state index is -0.643. The lowest BCUT2D eigenvalue weighted by molar-refractivity contribution is -0.144. The van der Waals surface area contributed by atoms with E-state index in [1.807, 2.05) is 0 Å². The van der Waals surface area contributed by atoms with Gasteiger partial charge in [0.15, 0.2) is 0 Å². The van der Waals surface area contributed by atoms with Gasteiger partial charge >= 0.3 is 11.9 Å². The molecule has 3 unspecified atom stereocenters. The second kappa shape index (κ2) is 35.9. The van der Waals surface area contributed by atoms with Gasteiger partial charge in [0.25, 0.3) is 0 Å². The topological polar surface area (TPSA) is 87.1 Å². The van der Waals surface area contributed by atoms with Gasteiger partial charge in [-0.15, -0.1) is 0 Å². The molecule has 0 aliphatic heterocycles. The molecule has 3 saturated carbocycles. The molecule has 6 nitrogen and oxygen atoms in total. The van der Waals surface area contributed by atoms with Crippen LogP contribution in [0.3, 0.4) is 0 Å². The van der Waals surface area contributed by atoms with Crippen LogP contribution in [0.1, 0.15) is 239 Å². The molecular formula is C50H95NO5S. The summed E-state index contributed by atoms with van der Waals surface area (Å²) < 4.78 is 5.82. The minimum Gasteiger partial charge on any atom is -0.481 e. The number of thioether (sulfide) groups is 1. The maximum absolute atomic E-state index is 12.6. The quantitative estimate of drug-likeness (QED) is 0.0516. The second-order valence-corrected chi connectivity index (χ2v) is 20.3. The zero-order valence-electron chi connectivity index (χ0n) is 38.0. The van der Waals surface area contributed by atoms with Gasteiger partial charge in [-0.25, -0.2) is 0 Å². The number of nitrogens with zero attached hydrogens (tertiary/aromatic N) is 1. The van der Waals surface area contributed by atoms with Crippen LogP contribution in [0.5, 0.6) is 0 Å². The number of hydrogen-bond acceptors (Lipinski definition) is 6. The van der Waals surface area contributed by atoms with Gasteiger partial charge in [-0.2, -0.15) is 11.8 Å². The normalized spacial score (nSPS) is 18.8. The average Bonchev–Trinajstić information content (AvgIpc) is 3.23. The zero-order chi connectivity index (χ0) is 41.2. The zero-order valence-corrected chi connectivity index (χ0v) is 38.8. The molecule has 0 bridgehead atoms. The van der Waals surface area contributed by atoms with E-state index in [9.17, 15) is 14.7 Å². The smallest absolute Gasteiger partial charge is 0.305 e. The number of rotatable bonds is 32. The van der Waals surface area contributed by atoms with Crippen molar-refractivity contribution in [3.8, 4) is 0 Å². The molecule has 0 saturated heterocycles. The number of unbranched alkanes of at least 4 members (excludes halogenated alkanes) is 5.